The average Bonchev–Trinajstić information content (AvgIpc) is 3.11. The summed E-state index contributed by atoms with van der Waals surface area (Å²) in [4.78, 5) is 22.9. The molecule has 2 heterocycles. The normalized spacial score (nSPS) is 12.7. The van der Waals surface area contributed by atoms with Gasteiger partial charge in [-0.05, 0) is 35.9 Å². The van der Waals surface area contributed by atoms with Gasteiger partial charge >= 0.3 is 5.63 Å². The fourth-order valence-electron chi connectivity index (χ4n) is 2.96. The lowest BCUT2D eigenvalue weighted by Crippen LogP contribution is -2.28. The van der Waals surface area contributed by atoms with Crippen LogP contribution in [0.3, 0.4) is 0 Å². The molecule has 0 saturated carbocycles. The van der Waals surface area contributed by atoms with Crippen molar-refractivity contribution in [3.63, 3.8) is 0 Å². The van der Waals surface area contributed by atoms with Gasteiger partial charge in [0.15, 0.2) is 11.5 Å². The van der Waals surface area contributed by atoms with Crippen molar-refractivity contribution in [1.29, 1.82) is 0 Å². The number of rotatable bonds is 5. The molecule has 0 atom stereocenters. The number of sulfonamides is 1. The Morgan fingerprint density at radius 3 is 2.45 bits per heavy atom. The molecular weight excluding hydrogens is 400 g/mol. The Balaban J connectivity index is 1.57. The first kappa shape index (κ1) is 18.8. The van der Waals surface area contributed by atoms with Crippen LogP contribution in [0, 0.1) is 0 Å². The predicted octanol–water partition coefficient (Wildman–Crippen LogP) is 1.96. The first-order valence-corrected chi connectivity index (χ1v) is 10.0. The number of anilines is 1. The molecule has 1 aliphatic heterocycles. The van der Waals surface area contributed by atoms with Crippen molar-refractivity contribution in [3.8, 4) is 11.5 Å². The fourth-order valence-corrected chi connectivity index (χ4v) is 3.95. The van der Waals surface area contributed by atoms with Crippen molar-refractivity contribution in [2.75, 3.05) is 12.1 Å². The summed E-state index contributed by atoms with van der Waals surface area (Å²) in [6.45, 7) is 1.53. The number of carbonyl (C=O) groups is 1. The molecule has 1 amide bonds. The van der Waals surface area contributed by atoms with E-state index in [1.807, 2.05) is 4.72 Å². The quantitative estimate of drug-likeness (QED) is 0.605. The SMILES string of the molecule is CC(=O)NS(=O)(=O)c1ccc(NCc2cc(=O)oc3cc4c(cc23)OCO4)cc1. The molecule has 0 radical (unpaired) electrons. The summed E-state index contributed by atoms with van der Waals surface area (Å²) in [7, 11) is -3.89. The highest BCUT2D eigenvalue weighted by Crippen LogP contribution is 2.36. The maximum absolute atomic E-state index is 12.0. The second kappa shape index (κ2) is 7.13. The molecule has 1 aromatic heterocycles. The van der Waals surface area contributed by atoms with E-state index in [1.54, 1.807) is 24.3 Å². The topological polar surface area (TPSA) is 124 Å². The minimum Gasteiger partial charge on any atom is -0.454 e. The summed E-state index contributed by atoms with van der Waals surface area (Å²) in [5, 5.41) is 3.83. The molecule has 0 fully saturated rings. The second-order valence-electron chi connectivity index (χ2n) is 6.33. The van der Waals surface area contributed by atoms with Crippen LogP contribution in [0.5, 0.6) is 11.5 Å². The number of ether oxygens (including phenoxy) is 2. The monoisotopic (exact) mass is 416 g/mol. The third kappa shape index (κ3) is 3.87. The molecule has 29 heavy (non-hydrogen) atoms. The Bertz CT molecular complexity index is 1260. The zero-order valence-electron chi connectivity index (χ0n) is 15.2. The van der Waals surface area contributed by atoms with Crippen LogP contribution in [0.15, 0.2) is 56.6 Å². The standard InChI is InChI=1S/C19H16N2O7S/c1-11(22)21-29(24,25)14-4-2-13(3-5-14)20-9-12-6-19(23)28-16-8-18-17(7-15(12)16)26-10-27-18/h2-8,20H,9-10H2,1H3,(H,21,22). The molecule has 0 spiro atoms. The molecule has 0 unspecified atom stereocenters. The smallest absolute Gasteiger partial charge is 0.336 e. The maximum Gasteiger partial charge on any atom is 0.336 e. The van der Waals surface area contributed by atoms with E-state index in [9.17, 15) is 18.0 Å². The Kier molecular flexibility index (Phi) is 4.63. The van der Waals surface area contributed by atoms with Crippen molar-refractivity contribution in [3.05, 3.63) is 58.4 Å². The van der Waals surface area contributed by atoms with Gasteiger partial charge in [-0.15, -0.1) is 0 Å². The molecule has 9 nitrogen and oxygen atoms in total. The highest BCUT2D eigenvalue weighted by atomic mass is 32.2. The third-order valence-electron chi connectivity index (χ3n) is 4.25. The van der Waals surface area contributed by atoms with E-state index in [1.165, 1.54) is 18.2 Å². The van der Waals surface area contributed by atoms with Crippen LogP contribution in [-0.4, -0.2) is 21.1 Å². The Morgan fingerprint density at radius 2 is 1.76 bits per heavy atom. The van der Waals surface area contributed by atoms with E-state index in [-0.39, 0.29) is 11.7 Å². The number of hydrogen-bond acceptors (Lipinski definition) is 8. The van der Waals surface area contributed by atoms with E-state index < -0.39 is 21.6 Å². The number of amides is 1. The highest BCUT2D eigenvalue weighted by molar-refractivity contribution is 7.90. The minimum absolute atomic E-state index is 0.0308. The van der Waals surface area contributed by atoms with Gasteiger partial charge in [0.25, 0.3) is 10.0 Å². The molecule has 3 aromatic rings. The van der Waals surface area contributed by atoms with E-state index >= 15 is 0 Å². The van der Waals surface area contributed by atoms with E-state index in [4.69, 9.17) is 13.9 Å². The molecule has 0 aliphatic carbocycles. The minimum atomic E-state index is -3.89. The average molecular weight is 416 g/mol. The number of carbonyl (C=O) groups excluding carboxylic acids is 1. The summed E-state index contributed by atoms with van der Waals surface area (Å²) in [6, 6.07) is 10.6. The van der Waals surface area contributed by atoms with E-state index in [0.29, 0.717) is 40.3 Å². The lowest BCUT2D eigenvalue weighted by Gasteiger charge is -2.10. The van der Waals surface area contributed by atoms with Gasteiger partial charge in [-0.25, -0.2) is 17.9 Å². The van der Waals surface area contributed by atoms with Gasteiger partial charge in [0.1, 0.15) is 5.58 Å². The third-order valence-corrected chi connectivity index (χ3v) is 5.70. The summed E-state index contributed by atoms with van der Waals surface area (Å²) in [6.07, 6.45) is 0. The molecule has 0 bridgehead atoms. The lowest BCUT2D eigenvalue weighted by molar-refractivity contribution is -0.117. The van der Waals surface area contributed by atoms with Gasteiger partial charge in [0, 0.05) is 36.7 Å². The highest BCUT2D eigenvalue weighted by Gasteiger charge is 2.18. The van der Waals surface area contributed by atoms with Gasteiger partial charge in [0.2, 0.25) is 12.7 Å². The Labute approximate surface area is 165 Å². The van der Waals surface area contributed by atoms with Crippen molar-refractivity contribution < 1.29 is 27.1 Å². The molecule has 2 N–H and O–H groups in total. The van der Waals surface area contributed by atoms with Crippen molar-refractivity contribution in [1.82, 2.24) is 4.72 Å². The van der Waals surface area contributed by atoms with Crippen molar-refractivity contribution >= 4 is 32.6 Å². The second-order valence-corrected chi connectivity index (χ2v) is 8.01. The zero-order valence-corrected chi connectivity index (χ0v) is 16.0. The Morgan fingerprint density at radius 1 is 1.07 bits per heavy atom. The van der Waals surface area contributed by atoms with Crippen LogP contribution in [0.2, 0.25) is 0 Å². The van der Waals surface area contributed by atoms with Gasteiger partial charge in [-0.1, -0.05) is 0 Å². The van der Waals surface area contributed by atoms with Gasteiger partial charge in [0.05, 0.1) is 4.90 Å². The first-order chi connectivity index (χ1) is 13.8. The van der Waals surface area contributed by atoms with Gasteiger partial charge < -0.3 is 19.2 Å². The van der Waals surface area contributed by atoms with Crippen LogP contribution in [0.4, 0.5) is 5.69 Å². The molecule has 150 valence electrons. The summed E-state index contributed by atoms with van der Waals surface area (Å²) >= 11 is 0. The number of benzene rings is 2. The van der Waals surface area contributed by atoms with Gasteiger partial charge in [-0.3, -0.25) is 4.79 Å². The molecule has 10 heteroatoms. The van der Waals surface area contributed by atoms with Crippen LogP contribution in [0.25, 0.3) is 11.0 Å². The fraction of sp³-hybridized carbons (Fsp3) is 0.158. The summed E-state index contributed by atoms with van der Waals surface area (Å²) in [5.41, 5.74) is 1.21. The van der Waals surface area contributed by atoms with Crippen molar-refractivity contribution in [2.45, 2.75) is 18.4 Å². The van der Waals surface area contributed by atoms with Crippen LogP contribution in [-0.2, 0) is 21.4 Å². The lowest BCUT2D eigenvalue weighted by atomic mass is 10.1. The number of nitrogens with one attached hydrogen (secondary N) is 2. The van der Waals surface area contributed by atoms with Crippen molar-refractivity contribution in [2.24, 2.45) is 0 Å². The molecule has 2 aromatic carbocycles. The van der Waals surface area contributed by atoms with E-state index in [0.717, 1.165) is 6.92 Å². The maximum atomic E-state index is 12.0. The van der Waals surface area contributed by atoms with Crippen LogP contribution in [0.1, 0.15) is 12.5 Å². The Hall–Kier alpha value is -3.53. The largest absolute Gasteiger partial charge is 0.454 e. The molecular formula is C19H16N2O7S. The molecule has 0 saturated heterocycles. The van der Waals surface area contributed by atoms with Crippen LogP contribution < -0.4 is 25.1 Å². The summed E-state index contributed by atoms with van der Waals surface area (Å²) < 4.78 is 41.8. The summed E-state index contributed by atoms with van der Waals surface area (Å²) in [5.74, 6) is 0.421. The van der Waals surface area contributed by atoms with Crippen LogP contribution >= 0.6 is 0 Å². The van der Waals surface area contributed by atoms with E-state index in [2.05, 4.69) is 5.32 Å². The molecule has 4 rings (SSSR count). The first-order valence-electron chi connectivity index (χ1n) is 8.55. The van der Waals surface area contributed by atoms with Gasteiger partial charge in [-0.2, -0.15) is 0 Å². The number of hydrogen-bond donors (Lipinski definition) is 2. The zero-order chi connectivity index (χ0) is 20.6. The molecule has 1 aliphatic rings. The number of fused-ring (bicyclic) bond motifs is 2. The predicted molar refractivity (Wildman–Crippen MR) is 103 cm³/mol.